The van der Waals surface area contributed by atoms with Crippen molar-refractivity contribution in [1.82, 2.24) is 25.1 Å². The number of nitrogens with one attached hydrogen (secondary N) is 1. The monoisotopic (exact) mass is 362 g/mol. The Morgan fingerprint density at radius 1 is 1.15 bits per heavy atom. The van der Waals surface area contributed by atoms with E-state index >= 15 is 0 Å². The standard InChI is InChI=1S/C20H22N6O/c1-15-8-9-16(13-25-10-4-5-11-25)12-18(15)22-20(27)17-6-2-3-7-19(17)26-14-21-23-24-26/h2-3,6-9,12,14H,4-5,10-11,13H2,1H3,(H,22,27). The van der Waals surface area contributed by atoms with E-state index in [2.05, 4.69) is 43.9 Å². The number of aromatic nitrogens is 4. The molecule has 1 fully saturated rings. The number of anilines is 1. The van der Waals surface area contributed by atoms with E-state index in [0.29, 0.717) is 11.3 Å². The molecule has 1 aliphatic heterocycles. The third-order valence-electron chi connectivity index (χ3n) is 4.90. The fraction of sp³-hybridized carbons (Fsp3) is 0.300. The average Bonchev–Trinajstić information content (AvgIpc) is 3.38. The van der Waals surface area contributed by atoms with Crippen molar-refractivity contribution >= 4 is 11.6 Å². The lowest BCUT2D eigenvalue weighted by Gasteiger charge is -2.17. The molecule has 2 aromatic carbocycles. The van der Waals surface area contributed by atoms with Crippen molar-refractivity contribution in [3.05, 3.63) is 65.5 Å². The Balaban J connectivity index is 1.56. The van der Waals surface area contributed by atoms with Crippen LogP contribution in [0.2, 0.25) is 0 Å². The zero-order chi connectivity index (χ0) is 18.6. The molecule has 27 heavy (non-hydrogen) atoms. The maximum Gasteiger partial charge on any atom is 0.257 e. The van der Waals surface area contributed by atoms with E-state index in [1.165, 1.54) is 29.4 Å². The molecule has 138 valence electrons. The Kier molecular flexibility index (Phi) is 4.93. The number of amides is 1. The summed E-state index contributed by atoms with van der Waals surface area (Å²) in [5.41, 5.74) is 4.25. The quantitative estimate of drug-likeness (QED) is 0.755. The highest BCUT2D eigenvalue weighted by Gasteiger charge is 2.16. The van der Waals surface area contributed by atoms with Crippen LogP contribution in [-0.4, -0.2) is 44.1 Å². The number of hydrogen-bond donors (Lipinski definition) is 1. The van der Waals surface area contributed by atoms with E-state index < -0.39 is 0 Å². The molecule has 1 saturated heterocycles. The molecule has 0 radical (unpaired) electrons. The number of tetrazole rings is 1. The van der Waals surface area contributed by atoms with Gasteiger partial charge in [-0.2, -0.15) is 4.68 Å². The van der Waals surface area contributed by atoms with Gasteiger partial charge in [0.1, 0.15) is 6.33 Å². The number of benzene rings is 2. The van der Waals surface area contributed by atoms with Crippen LogP contribution >= 0.6 is 0 Å². The number of rotatable bonds is 5. The first kappa shape index (κ1) is 17.4. The van der Waals surface area contributed by atoms with E-state index in [-0.39, 0.29) is 5.91 Å². The van der Waals surface area contributed by atoms with Crippen LogP contribution in [0.4, 0.5) is 5.69 Å². The SMILES string of the molecule is Cc1ccc(CN2CCCC2)cc1NC(=O)c1ccccc1-n1cnnn1. The molecule has 0 unspecified atom stereocenters. The van der Waals surface area contributed by atoms with Gasteiger partial charge < -0.3 is 5.32 Å². The number of para-hydroxylation sites is 1. The van der Waals surface area contributed by atoms with E-state index in [1.54, 1.807) is 6.07 Å². The van der Waals surface area contributed by atoms with Crippen molar-refractivity contribution < 1.29 is 4.79 Å². The van der Waals surface area contributed by atoms with Crippen molar-refractivity contribution in [3.63, 3.8) is 0 Å². The van der Waals surface area contributed by atoms with Crippen LogP contribution in [0.3, 0.4) is 0 Å². The van der Waals surface area contributed by atoms with Gasteiger partial charge in [0.05, 0.1) is 11.3 Å². The number of likely N-dealkylation sites (tertiary alicyclic amines) is 1. The topological polar surface area (TPSA) is 75.9 Å². The van der Waals surface area contributed by atoms with Gasteiger partial charge in [0.2, 0.25) is 0 Å². The second-order valence-electron chi connectivity index (χ2n) is 6.86. The molecule has 0 aliphatic carbocycles. The number of carbonyl (C=O) groups excluding carboxylic acids is 1. The minimum atomic E-state index is -0.178. The van der Waals surface area contributed by atoms with Crippen LogP contribution in [0.15, 0.2) is 48.8 Å². The lowest BCUT2D eigenvalue weighted by molar-refractivity contribution is 0.102. The highest BCUT2D eigenvalue weighted by atomic mass is 16.1. The third kappa shape index (κ3) is 3.88. The summed E-state index contributed by atoms with van der Waals surface area (Å²) in [6, 6.07) is 13.6. The Bertz CT molecular complexity index is 931. The van der Waals surface area contributed by atoms with Gasteiger partial charge in [-0.3, -0.25) is 9.69 Å². The van der Waals surface area contributed by atoms with E-state index in [9.17, 15) is 4.79 Å². The summed E-state index contributed by atoms with van der Waals surface area (Å²) in [6.45, 7) is 5.22. The molecule has 7 heteroatoms. The van der Waals surface area contributed by atoms with Crippen LogP contribution in [-0.2, 0) is 6.54 Å². The van der Waals surface area contributed by atoms with Gasteiger partial charge in [0.25, 0.3) is 5.91 Å². The first-order chi connectivity index (χ1) is 13.2. The highest BCUT2D eigenvalue weighted by Crippen LogP contribution is 2.22. The molecule has 2 heterocycles. The van der Waals surface area contributed by atoms with Crippen molar-refractivity contribution in [3.8, 4) is 5.69 Å². The summed E-state index contributed by atoms with van der Waals surface area (Å²) in [5.74, 6) is -0.178. The lowest BCUT2D eigenvalue weighted by atomic mass is 10.1. The number of hydrogen-bond acceptors (Lipinski definition) is 5. The maximum absolute atomic E-state index is 12.9. The summed E-state index contributed by atoms with van der Waals surface area (Å²) < 4.78 is 1.49. The molecule has 0 spiro atoms. The van der Waals surface area contributed by atoms with Crippen LogP contribution in [0.1, 0.15) is 34.3 Å². The average molecular weight is 362 g/mol. The predicted molar refractivity (Wildman–Crippen MR) is 103 cm³/mol. The minimum Gasteiger partial charge on any atom is -0.322 e. The van der Waals surface area contributed by atoms with Gasteiger partial charge in [-0.25, -0.2) is 0 Å². The Morgan fingerprint density at radius 3 is 2.74 bits per heavy atom. The number of nitrogens with zero attached hydrogens (tertiary/aromatic N) is 5. The summed E-state index contributed by atoms with van der Waals surface area (Å²) in [4.78, 5) is 15.4. The molecule has 3 aromatic rings. The Morgan fingerprint density at radius 2 is 1.96 bits per heavy atom. The molecule has 7 nitrogen and oxygen atoms in total. The van der Waals surface area contributed by atoms with Gasteiger partial charge in [-0.15, -0.1) is 5.10 Å². The molecule has 1 amide bonds. The second-order valence-corrected chi connectivity index (χ2v) is 6.86. The second kappa shape index (κ2) is 7.67. The molecule has 4 rings (SSSR count). The smallest absolute Gasteiger partial charge is 0.257 e. The van der Waals surface area contributed by atoms with E-state index in [4.69, 9.17) is 0 Å². The lowest BCUT2D eigenvalue weighted by Crippen LogP contribution is -2.19. The van der Waals surface area contributed by atoms with Crippen LogP contribution in [0, 0.1) is 6.92 Å². The fourth-order valence-electron chi connectivity index (χ4n) is 3.43. The van der Waals surface area contributed by atoms with Crippen molar-refractivity contribution in [2.24, 2.45) is 0 Å². The molecule has 1 aliphatic rings. The molecule has 1 aromatic heterocycles. The number of aryl methyl sites for hydroxylation is 1. The molecular formula is C20H22N6O. The van der Waals surface area contributed by atoms with Crippen molar-refractivity contribution in [2.75, 3.05) is 18.4 Å². The van der Waals surface area contributed by atoms with Crippen LogP contribution in [0.5, 0.6) is 0 Å². The minimum absolute atomic E-state index is 0.178. The Hall–Kier alpha value is -3.06. The first-order valence-electron chi connectivity index (χ1n) is 9.16. The summed E-state index contributed by atoms with van der Waals surface area (Å²) in [6.07, 6.45) is 4.01. The van der Waals surface area contributed by atoms with E-state index in [0.717, 1.165) is 30.9 Å². The third-order valence-corrected chi connectivity index (χ3v) is 4.90. The van der Waals surface area contributed by atoms with Gasteiger partial charge >= 0.3 is 0 Å². The highest BCUT2D eigenvalue weighted by molar-refractivity contribution is 6.07. The van der Waals surface area contributed by atoms with Crippen molar-refractivity contribution in [1.29, 1.82) is 0 Å². The van der Waals surface area contributed by atoms with Crippen LogP contribution in [0.25, 0.3) is 5.69 Å². The molecule has 0 saturated carbocycles. The predicted octanol–water partition coefficient (Wildman–Crippen LogP) is 2.82. The zero-order valence-corrected chi connectivity index (χ0v) is 15.3. The van der Waals surface area contributed by atoms with Gasteiger partial charge in [0, 0.05) is 12.2 Å². The number of carbonyl (C=O) groups is 1. The van der Waals surface area contributed by atoms with Gasteiger partial charge in [0.15, 0.2) is 0 Å². The first-order valence-corrected chi connectivity index (χ1v) is 9.16. The zero-order valence-electron chi connectivity index (χ0n) is 15.3. The molecule has 1 N–H and O–H groups in total. The van der Waals surface area contributed by atoms with E-state index in [1.807, 2.05) is 25.1 Å². The van der Waals surface area contributed by atoms with Crippen molar-refractivity contribution in [2.45, 2.75) is 26.3 Å². The summed E-state index contributed by atoms with van der Waals surface area (Å²) in [5, 5.41) is 14.3. The molecular weight excluding hydrogens is 340 g/mol. The van der Waals surface area contributed by atoms with Crippen LogP contribution < -0.4 is 5.32 Å². The maximum atomic E-state index is 12.9. The molecule has 0 bridgehead atoms. The van der Waals surface area contributed by atoms with Gasteiger partial charge in [-0.1, -0.05) is 24.3 Å². The summed E-state index contributed by atoms with van der Waals surface area (Å²) in [7, 11) is 0. The molecule has 0 atom stereocenters. The van der Waals surface area contributed by atoms with Gasteiger partial charge in [-0.05, 0) is 72.6 Å². The normalized spacial score (nSPS) is 14.4. The summed E-state index contributed by atoms with van der Waals surface area (Å²) >= 11 is 0. The Labute approximate surface area is 158 Å². The largest absolute Gasteiger partial charge is 0.322 e. The fourth-order valence-corrected chi connectivity index (χ4v) is 3.43.